The molecule has 0 radical (unpaired) electrons. The Morgan fingerprint density at radius 3 is 1.67 bits per heavy atom. The third kappa shape index (κ3) is 26.4. The second-order valence-electron chi connectivity index (χ2n) is 2.64. The average Bonchev–Trinajstić information content (AvgIpc) is 2.11. The largest absolute Gasteiger partial charge is 1.00 e. The van der Waals surface area contributed by atoms with E-state index in [-0.39, 0.29) is 66.0 Å². The maximum absolute atomic E-state index is 10.2. The van der Waals surface area contributed by atoms with E-state index in [1.54, 1.807) is 0 Å². The van der Waals surface area contributed by atoms with Crippen LogP contribution in [0.5, 0.6) is 0 Å². The second kappa shape index (κ2) is 12.5. The summed E-state index contributed by atoms with van der Waals surface area (Å²) >= 11 is 0. The SMILES string of the molecule is CC(COP(=O)(O)O)OP(=O)(O)O.OCCO.[H-].[K+]. The van der Waals surface area contributed by atoms with Gasteiger partial charge < -0.3 is 31.2 Å². The molecule has 0 heterocycles. The molecule has 0 fully saturated rings. The molecule has 0 bridgehead atoms. The summed E-state index contributed by atoms with van der Waals surface area (Å²) in [6.45, 7) is 0.351. The van der Waals surface area contributed by atoms with E-state index in [1.165, 1.54) is 6.92 Å². The molecule has 0 aromatic carbocycles. The van der Waals surface area contributed by atoms with Crippen LogP contribution >= 0.6 is 15.6 Å². The van der Waals surface area contributed by atoms with Gasteiger partial charge in [0, 0.05) is 0 Å². The molecule has 18 heavy (non-hydrogen) atoms. The summed E-state index contributed by atoms with van der Waals surface area (Å²) in [4.78, 5) is 32.9. The quantitative estimate of drug-likeness (QED) is 0.205. The molecule has 0 aliphatic heterocycles. The Bertz CT molecular complexity index is 277. The summed E-state index contributed by atoms with van der Waals surface area (Å²) in [7, 11) is -9.25. The van der Waals surface area contributed by atoms with Crippen LogP contribution in [0.2, 0.25) is 0 Å². The minimum atomic E-state index is -4.64. The van der Waals surface area contributed by atoms with Gasteiger partial charge in [0.25, 0.3) is 0 Å². The van der Waals surface area contributed by atoms with Crippen LogP contribution in [0.3, 0.4) is 0 Å². The van der Waals surface area contributed by atoms with E-state index in [2.05, 4.69) is 9.05 Å². The molecule has 1 atom stereocenters. The number of rotatable bonds is 6. The van der Waals surface area contributed by atoms with E-state index in [1.807, 2.05) is 0 Å². The smallest absolute Gasteiger partial charge is 1.00 e. The summed E-state index contributed by atoms with van der Waals surface area (Å²) in [5.41, 5.74) is 0. The van der Waals surface area contributed by atoms with Gasteiger partial charge in [-0.25, -0.2) is 9.13 Å². The van der Waals surface area contributed by atoms with Crippen molar-refractivity contribution in [3.8, 4) is 0 Å². The van der Waals surface area contributed by atoms with E-state index >= 15 is 0 Å². The van der Waals surface area contributed by atoms with Gasteiger partial charge >= 0.3 is 67.0 Å². The summed E-state index contributed by atoms with van der Waals surface area (Å²) < 4.78 is 28.3. The third-order valence-electron chi connectivity index (χ3n) is 0.895. The zero-order valence-corrected chi connectivity index (χ0v) is 14.8. The van der Waals surface area contributed by atoms with E-state index in [0.717, 1.165) is 0 Å². The first-order valence-corrected chi connectivity index (χ1v) is 7.23. The van der Waals surface area contributed by atoms with Crippen molar-refractivity contribution in [2.45, 2.75) is 13.0 Å². The molecule has 0 saturated carbocycles. The molecule has 108 valence electrons. The molecule has 0 saturated heterocycles. The first-order chi connectivity index (χ1) is 7.52. The molecule has 0 aliphatic rings. The van der Waals surface area contributed by atoms with Gasteiger partial charge in [-0.1, -0.05) is 0 Å². The fourth-order valence-corrected chi connectivity index (χ4v) is 1.40. The molecule has 0 aliphatic carbocycles. The van der Waals surface area contributed by atoms with Crippen molar-refractivity contribution in [3.63, 3.8) is 0 Å². The van der Waals surface area contributed by atoms with Crippen molar-refractivity contribution in [3.05, 3.63) is 0 Å². The number of hydrogen-bond acceptors (Lipinski definition) is 6. The standard InChI is InChI=1S/C3H10O8P2.C2H6O2.K.H/c1-3(11-13(7,8)9)2-10-12(4,5)6;3-1-2-4;;/h3H,2H2,1H3,(H2,4,5,6)(H2,7,8,9);3-4H,1-2H2;;/q;;+1;-1. The van der Waals surface area contributed by atoms with Gasteiger partial charge in [-0.15, -0.1) is 0 Å². The van der Waals surface area contributed by atoms with Crippen molar-refractivity contribution < 1.29 is 101 Å². The number of phosphoric ester groups is 2. The van der Waals surface area contributed by atoms with Crippen molar-refractivity contribution in [2.24, 2.45) is 0 Å². The van der Waals surface area contributed by atoms with Crippen LogP contribution in [0.4, 0.5) is 0 Å². The Labute approximate surface area is 148 Å². The summed E-state index contributed by atoms with van der Waals surface area (Å²) in [5, 5.41) is 15.2. The molecule has 0 rings (SSSR count). The Morgan fingerprint density at radius 2 is 1.44 bits per heavy atom. The maximum atomic E-state index is 10.2. The van der Waals surface area contributed by atoms with Crippen LogP contribution < -0.4 is 51.4 Å². The van der Waals surface area contributed by atoms with Crippen molar-refractivity contribution >= 4 is 15.6 Å². The number of hydrogen-bond donors (Lipinski definition) is 6. The summed E-state index contributed by atoms with van der Waals surface area (Å²) in [5.74, 6) is 0. The minimum absolute atomic E-state index is 0. The van der Waals surface area contributed by atoms with E-state index in [9.17, 15) is 9.13 Å². The van der Waals surface area contributed by atoms with Crippen LogP contribution in [0, 0.1) is 0 Å². The molecule has 0 aromatic rings. The monoisotopic (exact) mass is 338 g/mol. The van der Waals surface area contributed by atoms with Crippen LogP contribution in [-0.4, -0.2) is 55.7 Å². The zero-order valence-electron chi connectivity index (χ0n) is 10.9. The Balaban J connectivity index is -0.000000165. The van der Waals surface area contributed by atoms with Crippen LogP contribution in [0.15, 0.2) is 0 Å². The fourth-order valence-electron chi connectivity index (χ4n) is 0.467. The fraction of sp³-hybridized carbons (Fsp3) is 1.00. The van der Waals surface area contributed by atoms with Gasteiger partial charge in [-0.05, 0) is 6.92 Å². The number of phosphoric acid groups is 2. The van der Waals surface area contributed by atoms with Gasteiger partial charge in [0.15, 0.2) is 0 Å². The number of aliphatic hydroxyl groups is 2. The van der Waals surface area contributed by atoms with Gasteiger partial charge in [-0.3, -0.25) is 9.05 Å². The van der Waals surface area contributed by atoms with Crippen LogP contribution in [0.25, 0.3) is 0 Å². The zero-order chi connectivity index (χ0) is 14.1. The maximum Gasteiger partial charge on any atom is 1.00 e. The molecule has 13 heteroatoms. The first-order valence-electron chi connectivity index (χ1n) is 4.17. The van der Waals surface area contributed by atoms with Gasteiger partial charge in [0.1, 0.15) is 0 Å². The average molecular weight is 338 g/mol. The Morgan fingerprint density at radius 1 is 1.06 bits per heavy atom. The molecule has 0 spiro atoms. The molecular formula is C5H17KO10P2. The summed E-state index contributed by atoms with van der Waals surface area (Å²) in [6, 6.07) is 0. The van der Waals surface area contributed by atoms with E-state index in [0.29, 0.717) is 0 Å². The van der Waals surface area contributed by atoms with Gasteiger partial charge in [0.2, 0.25) is 0 Å². The topological polar surface area (TPSA) is 174 Å². The minimum Gasteiger partial charge on any atom is -1.00 e. The Kier molecular flexibility index (Phi) is 17.2. The molecule has 1 unspecified atom stereocenters. The molecule has 6 N–H and O–H groups in total. The van der Waals surface area contributed by atoms with Crippen molar-refractivity contribution in [2.75, 3.05) is 19.8 Å². The van der Waals surface area contributed by atoms with E-state index < -0.39 is 28.4 Å². The molecule has 0 aromatic heterocycles. The molecule has 0 amide bonds. The van der Waals surface area contributed by atoms with Gasteiger partial charge in [-0.2, -0.15) is 0 Å². The number of aliphatic hydroxyl groups excluding tert-OH is 2. The van der Waals surface area contributed by atoms with Gasteiger partial charge in [0.05, 0.1) is 25.9 Å². The van der Waals surface area contributed by atoms with Crippen molar-refractivity contribution in [1.82, 2.24) is 0 Å². The predicted molar refractivity (Wildman–Crippen MR) is 55.9 cm³/mol. The molecular weight excluding hydrogens is 321 g/mol. The van der Waals surface area contributed by atoms with Crippen LogP contribution in [0.1, 0.15) is 8.35 Å². The normalized spacial score (nSPS) is 13.1. The summed E-state index contributed by atoms with van der Waals surface area (Å²) in [6.07, 6.45) is -1.10. The molecule has 10 nitrogen and oxygen atoms in total. The predicted octanol–water partition coefficient (Wildman–Crippen LogP) is -4.32. The second-order valence-corrected chi connectivity index (χ2v) is 5.07. The van der Waals surface area contributed by atoms with E-state index in [4.69, 9.17) is 29.8 Å². The van der Waals surface area contributed by atoms with Crippen molar-refractivity contribution in [1.29, 1.82) is 0 Å². The third-order valence-corrected chi connectivity index (χ3v) is 2.01. The Hall–Kier alpha value is 1.78. The van der Waals surface area contributed by atoms with Crippen LogP contribution in [-0.2, 0) is 18.2 Å². The first kappa shape index (κ1) is 24.8.